The Kier molecular flexibility index (Phi) is 6.48. The smallest absolute Gasteiger partial charge is 0.247 e. The number of nitrogens with one attached hydrogen (secondary N) is 2. The van der Waals surface area contributed by atoms with E-state index in [-0.39, 0.29) is 5.91 Å². The van der Waals surface area contributed by atoms with Crippen molar-refractivity contribution in [3.8, 4) is 5.75 Å². The molecule has 2 rings (SSSR count). The predicted molar refractivity (Wildman–Crippen MR) is 93.7 cm³/mol. The minimum atomic E-state index is -0.416. The van der Waals surface area contributed by atoms with Crippen molar-refractivity contribution in [1.29, 1.82) is 0 Å². The highest BCUT2D eigenvalue weighted by molar-refractivity contribution is 5.86. The molecule has 4 heteroatoms. The van der Waals surface area contributed by atoms with Crippen molar-refractivity contribution in [3.63, 3.8) is 0 Å². The summed E-state index contributed by atoms with van der Waals surface area (Å²) in [4.78, 5) is 12.5. The van der Waals surface area contributed by atoms with Crippen LogP contribution in [0.1, 0.15) is 31.9 Å². The molecule has 2 aromatic rings. The summed E-state index contributed by atoms with van der Waals surface area (Å²) in [5.74, 6) is 0.802. The average Bonchev–Trinajstić information content (AvgIpc) is 2.60. The zero-order chi connectivity index (χ0) is 16.5. The molecule has 0 unspecified atom stereocenters. The van der Waals surface area contributed by atoms with E-state index in [4.69, 9.17) is 4.74 Å². The molecule has 1 atom stereocenters. The lowest BCUT2D eigenvalue weighted by Gasteiger charge is -2.20. The van der Waals surface area contributed by atoms with E-state index in [2.05, 4.69) is 10.6 Å². The standard InChI is InChI=1S/C19H24N2O2/c1-3-14-20-19(22)18(15-8-6-5-7-9-15)21-16-10-12-17(13-11-16)23-4-2/h5-13,18,21H,3-4,14H2,1-2H3,(H,20,22)/t18-/m1/s1. The van der Waals surface area contributed by atoms with Crippen LogP contribution in [0.4, 0.5) is 5.69 Å². The van der Waals surface area contributed by atoms with Gasteiger partial charge in [-0.2, -0.15) is 0 Å². The van der Waals surface area contributed by atoms with Gasteiger partial charge in [-0.1, -0.05) is 37.3 Å². The third kappa shape index (κ3) is 5.02. The Morgan fingerprint density at radius 2 is 1.74 bits per heavy atom. The second-order valence-electron chi connectivity index (χ2n) is 5.24. The number of anilines is 1. The van der Waals surface area contributed by atoms with E-state index in [1.165, 1.54) is 0 Å². The van der Waals surface area contributed by atoms with Crippen molar-refractivity contribution < 1.29 is 9.53 Å². The fourth-order valence-corrected chi connectivity index (χ4v) is 2.28. The minimum Gasteiger partial charge on any atom is -0.494 e. The fourth-order valence-electron chi connectivity index (χ4n) is 2.28. The Hall–Kier alpha value is -2.49. The maximum Gasteiger partial charge on any atom is 0.247 e. The van der Waals surface area contributed by atoms with Crippen LogP contribution in [0, 0.1) is 0 Å². The van der Waals surface area contributed by atoms with Gasteiger partial charge in [0.25, 0.3) is 0 Å². The molecule has 0 heterocycles. The SMILES string of the molecule is CCCNC(=O)[C@H](Nc1ccc(OCC)cc1)c1ccccc1. The molecule has 0 aromatic heterocycles. The lowest BCUT2D eigenvalue weighted by molar-refractivity contribution is -0.121. The first-order valence-electron chi connectivity index (χ1n) is 8.06. The maximum atomic E-state index is 12.5. The second kappa shape index (κ2) is 8.83. The van der Waals surface area contributed by atoms with Gasteiger partial charge in [0.15, 0.2) is 0 Å². The number of hydrogen-bond donors (Lipinski definition) is 2. The van der Waals surface area contributed by atoms with Crippen LogP contribution < -0.4 is 15.4 Å². The zero-order valence-corrected chi connectivity index (χ0v) is 13.7. The Balaban J connectivity index is 2.15. The van der Waals surface area contributed by atoms with E-state index >= 15 is 0 Å². The monoisotopic (exact) mass is 312 g/mol. The van der Waals surface area contributed by atoms with E-state index < -0.39 is 6.04 Å². The van der Waals surface area contributed by atoms with Gasteiger partial charge in [0.1, 0.15) is 11.8 Å². The normalized spacial score (nSPS) is 11.6. The van der Waals surface area contributed by atoms with Crippen molar-refractivity contribution in [2.75, 3.05) is 18.5 Å². The molecule has 0 bridgehead atoms. The highest BCUT2D eigenvalue weighted by Gasteiger charge is 2.19. The third-order valence-corrected chi connectivity index (χ3v) is 3.42. The first-order chi connectivity index (χ1) is 11.2. The molecule has 0 fully saturated rings. The lowest BCUT2D eigenvalue weighted by atomic mass is 10.1. The van der Waals surface area contributed by atoms with Crippen LogP contribution in [0.15, 0.2) is 54.6 Å². The molecule has 0 saturated heterocycles. The van der Waals surface area contributed by atoms with Crippen molar-refractivity contribution in [2.45, 2.75) is 26.3 Å². The number of rotatable bonds is 8. The van der Waals surface area contributed by atoms with Crippen molar-refractivity contribution in [2.24, 2.45) is 0 Å². The van der Waals surface area contributed by atoms with Crippen LogP contribution in [0.5, 0.6) is 5.75 Å². The molecular weight excluding hydrogens is 288 g/mol. The molecule has 2 aromatic carbocycles. The predicted octanol–water partition coefficient (Wildman–Crippen LogP) is 3.76. The summed E-state index contributed by atoms with van der Waals surface area (Å²) in [6.45, 7) is 5.30. The second-order valence-corrected chi connectivity index (χ2v) is 5.24. The van der Waals surface area contributed by atoms with E-state index in [0.29, 0.717) is 13.2 Å². The van der Waals surface area contributed by atoms with Crippen LogP contribution in [-0.4, -0.2) is 19.1 Å². The molecule has 23 heavy (non-hydrogen) atoms. The minimum absolute atomic E-state index is 0.0214. The van der Waals surface area contributed by atoms with E-state index in [0.717, 1.165) is 23.4 Å². The number of amides is 1. The van der Waals surface area contributed by atoms with Crippen LogP contribution in [0.25, 0.3) is 0 Å². The molecule has 1 amide bonds. The number of hydrogen-bond acceptors (Lipinski definition) is 3. The van der Waals surface area contributed by atoms with Gasteiger partial charge >= 0.3 is 0 Å². The van der Waals surface area contributed by atoms with Crippen molar-refractivity contribution in [1.82, 2.24) is 5.32 Å². The number of ether oxygens (including phenoxy) is 1. The topological polar surface area (TPSA) is 50.4 Å². The first kappa shape index (κ1) is 16.9. The van der Waals surface area contributed by atoms with E-state index in [1.54, 1.807) is 0 Å². The summed E-state index contributed by atoms with van der Waals surface area (Å²) < 4.78 is 5.44. The van der Waals surface area contributed by atoms with Crippen LogP contribution in [-0.2, 0) is 4.79 Å². The van der Waals surface area contributed by atoms with Gasteiger partial charge in [-0.05, 0) is 43.2 Å². The van der Waals surface area contributed by atoms with Crippen molar-refractivity contribution in [3.05, 3.63) is 60.2 Å². The number of carbonyl (C=O) groups is 1. The van der Waals surface area contributed by atoms with E-state index in [1.807, 2.05) is 68.4 Å². The largest absolute Gasteiger partial charge is 0.494 e. The molecule has 0 aliphatic heterocycles. The van der Waals surface area contributed by atoms with Crippen LogP contribution in [0.3, 0.4) is 0 Å². The lowest BCUT2D eigenvalue weighted by Crippen LogP contribution is -2.33. The van der Waals surface area contributed by atoms with E-state index in [9.17, 15) is 4.79 Å². The average molecular weight is 312 g/mol. The summed E-state index contributed by atoms with van der Waals surface area (Å²) in [7, 11) is 0. The molecule has 122 valence electrons. The van der Waals surface area contributed by atoms with Gasteiger partial charge < -0.3 is 15.4 Å². The number of carbonyl (C=O) groups excluding carboxylic acids is 1. The highest BCUT2D eigenvalue weighted by Crippen LogP contribution is 2.22. The third-order valence-electron chi connectivity index (χ3n) is 3.42. The molecule has 0 saturated carbocycles. The fraction of sp³-hybridized carbons (Fsp3) is 0.316. The summed E-state index contributed by atoms with van der Waals surface area (Å²) in [6.07, 6.45) is 0.913. The maximum absolute atomic E-state index is 12.5. The summed E-state index contributed by atoms with van der Waals surface area (Å²) in [5.41, 5.74) is 1.82. The van der Waals surface area contributed by atoms with Crippen LogP contribution in [0.2, 0.25) is 0 Å². The Morgan fingerprint density at radius 1 is 1.04 bits per heavy atom. The first-order valence-corrected chi connectivity index (χ1v) is 8.06. The molecule has 0 aliphatic carbocycles. The Morgan fingerprint density at radius 3 is 2.35 bits per heavy atom. The molecule has 4 nitrogen and oxygen atoms in total. The van der Waals surface area contributed by atoms with Gasteiger partial charge in [-0.3, -0.25) is 4.79 Å². The summed E-state index contributed by atoms with van der Waals surface area (Å²) >= 11 is 0. The molecule has 0 spiro atoms. The molecule has 0 aliphatic rings. The van der Waals surface area contributed by atoms with Gasteiger partial charge in [0, 0.05) is 12.2 Å². The molecular formula is C19H24N2O2. The number of benzene rings is 2. The quantitative estimate of drug-likeness (QED) is 0.780. The van der Waals surface area contributed by atoms with Gasteiger partial charge in [-0.25, -0.2) is 0 Å². The summed E-state index contributed by atoms with van der Waals surface area (Å²) in [5, 5.41) is 6.26. The zero-order valence-electron chi connectivity index (χ0n) is 13.7. The van der Waals surface area contributed by atoms with Crippen LogP contribution >= 0.6 is 0 Å². The summed E-state index contributed by atoms with van der Waals surface area (Å²) in [6, 6.07) is 17.0. The Labute approximate surface area is 137 Å². The van der Waals surface area contributed by atoms with Crippen molar-refractivity contribution >= 4 is 11.6 Å². The van der Waals surface area contributed by atoms with Gasteiger partial charge in [0.05, 0.1) is 6.61 Å². The molecule has 2 N–H and O–H groups in total. The molecule has 0 radical (unpaired) electrons. The Bertz CT molecular complexity index is 597. The van der Waals surface area contributed by atoms with Gasteiger partial charge in [0.2, 0.25) is 5.91 Å². The van der Waals surface area contributed by atoms with Gasteiger partial charge in [-0.15, -0.1) is 0 Å². The highest BCUT2D eigenvalue weighted by atomic mass is 16.5.